The second-order valence-corrected chi connectivity index (χ2v) is 6.86. The lowest BCUT2D eigenvalue weighted by molar-refractivity contribution is 0.102. The molecule has 3 aromatic rings. The Morgan fingerprint density at radius 1 is 1.07 bits per heavy atom. The molecule has 0 fully saturated rings. The van der Waals surface area contributed by atoms with Crippen LogP contribution < -0.4 is 9.47 Å². The second-order valence-electron chi connectivity index (χ2n) is 5.91. The normalized spacial score (nSPS) is 11.8. The first-order valence-electron chi connectivity index (χ1n) is 8.49. The fourth-order valence-corrected chi connectivity index (χ4v) is 3.36. The molecule has 0 N–H and O–H groups in total. The minimum atomic E-state index is -0.253. The average Bonchev–Trinajstić information content (AvgIpc) is 3.07. The number of ether oxygens (including phenoxy) is 2. The van der Waals surface area contributed by atoms with Gasteiger partial charge in [0.1, 0.15) is 11.5 Å². The number of para-hydroxylation sites is 1. The van der Waals surface area contributed by atoms with Crippen molar-refractivity contribution < 1.29 is 14.3 Å². The summed E-state index contributed by atoms with van der Waals surface area (Å²) in [4.78, 5) is 12.4. The molecule has 0 radical (unpaired) electrons. The SMILES string of the molecule is COc1ccc(C(=O)CSc2nnc(C(C)Oc3ccccc3)n2C)cc1. The van der Waals surface area contributed by atoms with E-state index in [4.69, 9.17) is 9.47 Å². The number of benzene rings is 2. The van der Waals surface area contributed by atoms with E-state index in [-0.39, 0.29) is 17.6 Å². The minimum Gasteiger partial charge on any atom is -0.497 e. The third-order valence-electron chi connectivity index (χ3n) is 4.03. The fourth-order valence-electron chi connectivity index (χ4n) is 2.55. The lowest BCUT2D eigenvalue weighted by atomic mass is 10.1. The molecule has 6 nitrogen and oxygen atoms in total. The van der Waals surface area contributed by atoms with Crippen LogP contribution >= 0.6 is 11.8 Å². The van der Waals surface area contributed by atoms with Crippen molar-refractivity contribution in [3.05, 3.63) is 66.0 Å². The van der Waals surface area contributed by atoms with E-state index in [1.807, 2.05) is 48.9 Å². The summed E-state index contributed by atoms with van der Waals surface area (Å²) in [6, 6.07) is 16.7. The van der Waals surface area contributed by atoms with Gasteiger partial charge in [-0.3, -0.25) is 4.79 Å². The van der Waals surface area contributed by atoms with Gasteiger partial charge in [-0.05, 0) is 43.3 Å². The highest BCUT2D eigenvalue weighted by atomic mass is 32.2. The maximum absolute atomic E-state index is 12.4. The highest BCUT2D eigenvalue weighted by Crippen LogP contribution is 2.24. The van der Waals surface area contributed by atoms with E-state index in [1.165, 1.54) is 11.8 Å². The molecular weight excluding hydrogens is 362 g/mol. The number of hydrogen-bond acceptors (Lipinski definition) is 6. The molecule has 1 atom stereocenters. The Bertz CT molecular complexity index is 895. The van der Waals surface area contributed by atoms with Crippen LogP contribution in [0.25, 0.3) is 0 Å². The van der Waals surface area contributed by atoms with E-state index >= 15 is 0 Å². The smallest absolute Gasteiger partial charge is 0.191 e. The van der Waals surface area contributed by atoms with E-state index in [0.717, 1.165) is 11.5 Å². The predicted octanol–water partition coefficient (Wildman–Crippen LogP) is 3.94. The number of ketones is 1. The molecule has 0 bridgehead atoms. The lowest BCUT2D eigenvalue weighted by Gasteiger charge is -2.14. The number of carbonyl (C=O) groups excluding carboxylic acids is 1. The fraction of sp³-hybridized carbons (Fsp3) is 0.250. The Kier molecular flexibility index (Phi) is 6.13. The second kappa shape index (κ2) is 8.73. The summed E-state index contributed by atoms with van der Waals surface area (Å²) in [5.41, 5.74) is 0.645. The summed E-state index contributed by atoms with van der Waals surface area (Å²) in [6.07, 6.45) is -0.253. The first-order valence-corrected chi connectivity index (χ1v) is 9.48. The zero-order chi connectivity index (χ0) is 19.2. The summed E-state index contributed by atoms with van der Waals surface area (Å²) in [5, 5.41) is 9.10. The van der Waals surface area contributed by atoms with E-state index in [1.54, 1.807) is 31.4 Å². The van der Waals surface area contributed by atoms with Gasteiger partial charge in [-0.2, -0.15) is 0 Å². The molecule has 0 saturated carbocycles. The van der Waals surface area contributed by atoms with Crippen LogP contribution in [-0.4, -0.2) is 33.4 Å². The molecule has 27 heavy (non-hydrogen) atoms. The van der Waals surface area contributed by atoms with Crippen LogP contribution in [0, 0.1) is 0 Å². The van der Waals surface area contributed by atoms with Crippen molar-refractivity contribution in [1.29, 1.82) is 0 Å². The van der Waals surface area contributed by atoms with Gasteiger partial charge in [-0.1, -0.05) is 30.0 Å². The van der Waals surface area contributed by atoms with Crippen LogP contribution in [0.1, 0.15) is 29.2 Å². The zero-order valence-electron chi connectivity index (χ0n) is 15.5. The van der Waals surface area contributed by atoms with Gasteiger partial charge in [0.2, 0.25) is 0 Å². The maximum Gasteiger partial charge on any atom is 0.191 e. The van der Waals surface area contributed by atoms with Gasteiger partial charge < -0.3 is 14.0 Å². The number of hydrogen-bond donors (Lipinski definition) is 0. The number of aromatic nitrogens is 3. The molecule has 0 aliphatic heterocycles. The van der Waals surface area contributed by atoms with Crippen LogP contribution in [0.5, 0.6) is 11.5 Å². The van der Waals surface area contributed by atoms with Crippen LogP contribution in [0.2, 0.25) is 0 Å². The van der Waals surface area contributed by atoms with Crippen molar-refractivity contribution in [1.82, 2.24) is 14.8 Å². The Morgan fingerprint density at radius 3 is 2.44 bits per heavy atom. The molecule has 1 heterocycles. The molecule has 0 saturated heterocycles. The van der Waals surface area contributed by atoms with Gasteiger partial charge in [0.15, 0.2) is 22.9 Å². The van der Waals surface area contributed by atoms with Gasteiger partial charge in [0.05, 0.1) is 12.9 Å². The monoisotopic (exact) mass is 383 g/mol. The van der Waals surface area contributed by atoms with Gasteiger partial charge in [-0.15, -0.1) is 10.2 Å². The number of thioether (sulfide) groups is 1. The predicted molar refractivity (Wildman–Crippen MR) is 105 cm³/mol. The summed E-state index contributed by atoms with van der Waals surface area (Å²) < 4.78 is 12.9. The summed E-state index contributed by atoms with van der Waals surface area (Å²) in [5.74, 6) is 2.52. The molecular formula is C20H21N3O3S. The molecule has 1 aromatic heterocycles. The average molecular weight is 383 g/mol. The van der Waals surface area contributed by atoms with Crippen molar-refractivity contribution in [2.24, 2.45) is 7.05 Å². The largest absolute Gasteiger partial charge is 0.497 e. The molecule has 0 amide bonds. The molecule has 0 aliphatic rings. The number of nitrogens with zero attached hydrogens (tertiary/aromatic N) is 3. The van der Waals surface area contributed by atoms with Gasteiger partial charge >= 0.3 is 0 Å². The Morgan fingerprint density at radius 2 is 1.78 bits per heavy atom. The third kappa shape index (κ3) is 4.68. The number of methoxy groups -OCH3 is 1. The van der Waals surface area contributed by atoms with E-state index in [0.29, 0.717) is 16.5 Å². The molecule has 1 unspecified atom stereocenters. The first kappa shape index (κ1) is 19.0. The molecule has 2 aromatic carbocycles. The summed E-state index contributed by atoms with van der Waals surface area (Å²) >= 11 is 1.36. The lowest BCUT2D eigenvalue weighted by Crippen LogP contribution is -2.10. The molecule has 0 aliphatic carbocycles. The van der Waals surface area contributed by atoms with E-state index < -0.39 is 0 Å². The van der Waals surface area contributed by atoms with Crippen LogP contribution in [0.4, 0.5) is 0 Å². The first-order chi connectivity index (χ1) is 13.1. The quantitative estimate of drug-likeness (QED) is 0.434. The Balaban J connectivity index is 1.62. The Labute approximate surface area is 162 Å². The topological polar surface area (TPSA) is 66.2 Å². The van der Waals surface area contributed by atoms with Crippen LogP contribution in [0.3, 0.4) is 0 Å². The Hall–Kier alpha value is -2.80. The van der Waals surface area contributed by atoms with E-state index in [2.05, 4.69) is 10.2 Å². The third-order valence-corrected chi connectivity index (χ3v) is 5.05. The van der Waals surface area contributed by atoms with Crippen molar-refractivity contribution in [3.63, 3.8) is 0 Å². The van der Waals surface area contributed by atoms with E-state index in [9.17, 15) is 4.79 Å². The van der Waals surface area contributed by atoms with Gasteiger partial charge in [-0.25, -0.2) is 0 Å². The highest BCUT2D eigenvalue weighted by molar-refractivity contribution is 7.99. The van der Waals surface area contributed by atoms with Crippen molar-refractivity contribution in [3.8, 4) is 11.5 Å². The number of Topliss-reactive ketones (excluding diaryl/α,β-unsaturated/α-hetero) is 1. The highest BCUT2D eigenvalue weighted by Gasteiger charge is 2.18. The number of rotatable bonds is 8. The number of carbonyl (C=O) groups is 1. The maximum atomic E-state index is 12.4. The van der Waals surface area contributed by atoms with Crippen molar-refractivity contribution in [2.45, 2.75) is 18.2 Å². The summed E-state index contributed by atoms with van der Waals surface area (Å²) in [7, 11) is 3.47. The van der Waals surface area contributed by atoms with Crippen molar-refractivity contribution in [2.75, 3.05) is 12.9 Å². The minimum absolute atomic E-state index is 0.0285. The zero-order valence-corrected chi connectivity index (χ0v) is 16.3. The van der Waals surface area contributed by atoms with Gasteiger partial charge in [0.25, 0.3) is 0 Å². The molecule has 0 spiro atoms. The van der Waals surface area contributed by atoms with Crippen LogP contribution in [0.15, 0.2) is 59.8 Å². The molecule has 140 valence electrons. The standard InChI is InChI=1S/C20H21N3O3S/c1-14(26-17-7-5-4-6-8-17)19-21-22-20(23(19)2)27-13-18(24)15-9-11-16(25-3)12-10-15/h4-12,14H,13H2,1-3H3. The molecule has 3 rings (SSSR count). The molecule has 7 heteroatoms. The van der Waals surface area contributed by atoms with Gasteiger partial charge in [0, 0.05) is 12.6 Å². The van der Waals surface area contributed by atoms with Crippen LogP contribution in [-0.2, 0) is 7.05 Å². The summed E-state index contributed by atoms with van der Waals surface area (Å²) in [6.45, 7) is 1.92. The van der Waals surface area contributed by atoms with Crippen molar-refractivity contribution >= 4 is 17.5 Å².